The highest BCUT2D eigenvalue weighted by atomic mass is 16.2. The van der Waals surface area contributed by atoms with Crippen LogP contribution < -0.4 is 11.1 Å². The lowest BCUT2D eigenvalue weighted by atomic mass is 10.1. The van der Waals surface area contributed by atoms with Crippen LogP contribution >= 0.6 is 0 Å². The van der Waals surface area contributed by atoms with Gasteiger partial charge in [-0.05, 0) is 32.1 Å². The van der Waals surface area contributed by atoms with Gasteiger partial charge in [-0.3, -0.25) is 19.8 Å². The molecule has 1 aromatic carbocycles. The number of nitrogens with two attached hydrogens (primary N) is 1. The highest BCUT2D eigenvalue weighted by molar-refractivity contribution is 5.96. The first-order valence-corrected chi connectivity index (χ1v) is 6.37. The second-order valence-electron chi connectivity index (χ2n) is 4.51. The van der Waals surface area contributed by atoms with E-state index in [9.17, 15) is 9.59 Å². The minimum Gasteiger partial charge on any atom is -0.330 e. The number of amides is 2. The third kappa shape index (κ3) is 6.69. The first-order valence-electron chi connectivity index (χ1n) is 6.37. The van der Waals surface area contributed by atoms with Crippen LogP contribution in [0, 0.1) is 0 Å². The van der Waals surface area contributed by atoms with Crippen molar-refractivity contribution in [2.45, 2.75) is 12.8 Å². The van der Waals surface area contributed by atoms with Crippen LogP contribution in [0.2, 0.25) is 0 Å². The van der Waals surface area contributed by atoms with Crippen LogP contribution in [0.4, 0.5) is 0 Å². The molecule has 2 amide bonds. The quantitative estimate of drug-likeness (QED) is 0.734. The van der Waals surface area contributed by atoms with Gasteiger partial charge in [0.2, 0.25) is 11.8 Å². The average molecular weight is 263 g/mol. The number of hydrogen-bond acceptors (Lipinski definition) is 4. The fourth-order valence-corrected chi connectivity index (χ4v) is 1.71. The molecule has 0 unspecified atom stereocenters. The zero-order valence-corrected chi connectivity index (χ0v) is 11.3. The molecule has 0 fully saturated rings. The lowest BCUT2D eigenvalue weighted by Gasteiger charge is -2.15. The summed E-state index contributed by atoms with van der Waals surface area (Å²) in [6, 6.07) is 9.34. The van der Waals surface area contributed by atoms with Crippen molar-refractivity contribution < 1.29 is 9.59 Å². The van der Waals surface area contributed by atoms with Crippen LogP contribution in [0.15, 0.2) is 30.3 Å². The maximum Gasteiger partial charge on any atom is 0.240 e. The van der Waals surface area contributed by atoms with Gasteiger partial charge < -0.3 is 5.73 Å². The predicted octanol–water partition coefficient (Wildman–Crippen LogP) is 0.153. The Bertz CT molecular complexity index is 406. The maximum absolute atomic E-state index is 11.6. The zero-order valence-electron chi connectivity index (χ0n) is 11.3. The molecular weight excluding hydrogens is 242 g/mol. The molecule has 0 aromatic heterocycles. The van der Waals surface area contributed by atoms with E-state index in [2.05, 4.69) is 5.32 Å². The Balaban J connectivity index is 2.30. The lowest BCUT2D eigenvalue weighted by Crippen LogP contribution is -2.39. The highest BCUT2D eigenvalue weighted by Gasteiger charge is 2.10. The predicted molar refractivity (Wildman–Crippen MR) is 74.5 cm³/mol. The van der Waals surface area contributed by atoms with Crippen LogP contribution in [-0.4, -0.2) is 43.4 Å². The molecule has 0 saturated heterocycles. The number of likely N-dealkylation sites (N-methyl/N-ethyl adjacent to an activating group) is 1. The Hall–Kier alpha value is -1.72. The van der Waals surface area contributed by atoms with E-state index in [1.54, 1.807) is 0 Å². The molecule has 19 heavy (non-hydrogen) atoms. The number of hydrogen-bond donors (Lipinski definition) is 2. The minimum atomic E-state index is -0.277. The van der Waals surface area contributed by atoms with Gasteiger partial charge >= 0.3 is 0 Å². The van der Waals surface area contributed by atoms with Crippen molar-refractivity contribution in [2.75, 3.05) is 26.7 Å². The largest absolute Gasteiger partial charge is 0.330 e. The molecule has 5 nitrogen and oxygen atoms in total. The summed E-state index contributed by atoms with van der Waals surface area (Å²) in [7, 11) is 1.83. The fraction of sp³-hybridized carbons (Fsp3) is 0.429. The molecular formula is C14H21N3O2. The van der Waals surface area contributed by atoms with Crippen LogP contribution in [0.25, 0.3) is 0 Å². The van der Waals surface area contributed by atoms with Crippen molar-refractivity contribution in [1.29, 1.82) is 0 Å². The molecule has 0 spiro atoms. The fourth-order valence-electron chi connectivity index (χ4n) is 1.71. The molecule has 0 saturated carbocycles. The Labute approximate surface area is 113 Å². The summed E-state index contributed by atoms with van der Waals surface area (Å²) in [4.78, 5) is 25.1. The van der Waals surface area contributed by atoms with E-state index in [1.165, 1.54) is 0 Å². The second kappa shape index (κ2) is 8.39. The maximum atomic E-state index is 11.6. The second-order valence-corrected chi connectivity index (χ2v) is 4.51. The van der Waals surface area contributed by atoms with Crippen LogP contribution in [-0.2, 0) is 16.0 Å². The molecule has 0 aliphatic carbocycles. The van der Waals surface area contributed by atoms with Crippen LogP contribution in [0.5, 0.6) is 0 Å². The Morgan fingerprint density at radius 3 is 2.53 bits per heavy atom. The van der Waals surface area contributed by atoms with Gasteiger partial charge in [-0.25, -0.2) is 0 Å². The number of nitrogens with zero attached hydrogens (tertiary/aromatic N) is 1. The molecule has 0 aliphatic rings. The minimum absolute atomic E-state index is 0.209. The number of nitrogens with one attached hydrogen (secondary N) is 1. The molecule has 3 N–H and O–H groups in total. The van der Waals surface area contributed by atoms with Gasteiger partial charge in [0.1, 0.15) is 0 Å². The molecule has 1 rings (SSSR count). The van der Waals surface area contributed by atoms with E-state index in [4.69, 9.17) is 5.73 Å². The molecule has 0 bridgehead atoms. The van der Waals surface area contributed by atoms with E-state index >= 15 is 0 Å². The van der Waals surface area contributed by atoms with E-state index in [1.807, 2.05) is 42.3 Å². The highest BCUT2D eigenvalue weighted by Crippen LogP contribution is 1.99. The molecule has 0 heterocycles. The van der Waals surface area contributed by atoms with Crippen molar-refractivity contribution in [3.63, 3.8) is 0 Å². The molecule has 5 heteroatoms. The number of benzene rings is 1. The summed E-state index contributed by atoms with van der Waals surface area (Å²) in [6.07, 6.45) is 1.06. The van der Waals surface area contributed by atoms with Gasteiger partial charge in [0.25, 0.3) is 0 Å². The van der Waals surface area contributed by atoms with E-state index in [0.29, 0.717) is 6.54 Å². The first-order chi connectivity index (χ1) is 9.11. The standard InChI is InChI=1S/C14H21N3O2/c1-17(9-5-8-15)11-14(19)16-13(18)10-12-6-3-2-4-7-12/h2-4,6-7H,5,8-11,15H2,1H3,(H,16,18,19). The van der Waals surface area contributed by atoms with E-state index < -0.39 is 0 Å². The number of rotatable bonds is 7. The number of imide groups is 1. The van der Waals surface area contributed by atoms with Crippen molar-refractivity contribution in [3.05, 3.63) is 35.9 Å². The third-order valence-corrected chi connectivity index (χ3v) is 2.64. The van der Waals surface area contributed by atoms with Gasteiger partial charge in [-0.2, -0.15) is 0 Å². The summed E-state index contributed by atoms with van der Waals surface area (Å²) in [5, 5.41) is 2.38. The number of carbonyl (C=O) groups is 2. The number of carbonyl (C=O) groups excluding carboxylic acids is 2. The lowest BCUT2D eigenvalue weighted by molar-refractivity contribution is -0.130. The van der Waals surface area contributed by atoms with E-state index in [-0.39, 0.29) is 24.8 Å². The third-order valence-electron chi connectivity index (χ3n) is 2.64. The van der Waals surface area contributed by atoms with Gasteiger partial charge in [0, 0.05) is 0 Å². The van der Waals surface area contributed by atoms with Crippen molar-refractivity contribution >= 4 is 11.8 Å². The van der Waals surface area contributed by atoms with Crippen molar-refractivity contribution in [3.8, 4) is 0 Å². The molecule has 0 aliphatic heterocycles. The first kappa shape index (κ1) is 15.3. The van der Waals surface area contributed by atoms with Crippen LogP contribution in [0.3, 0.4) is 0 Å². The average Bonchev–Trinajstić information content (AvgIpc) is 2.37. The smallest absolute Gasteiger partial charge is 0.240 e. The van der Waals surface area contributed by atoms with E-state index in [0.717, 1.165) is 18.5 Å². The van der Waals surface area contributed by atoms with Gasteiger partial charge in [-0.15, -0.1) is 0 Å². The monoisotopic (exact) mass is 263 g/mol. The summed E-state index contributed by atoms with van der Waals surface area (Å²) in [6.45, 7) is 1.55. The van der Waals surface area contributed by atoms with Gasteiger partial charge in [0.15, 0.2) is 0 Å². The molecule has 0 radical (unpaired) electrons. The van der Waals surface area contributed by atoms with Crippen LogP contribution in [0.1, 0.15) is 12.0 Å². The van der Waals surface area contributed by atoms with Crippen molar-refractivity contribution in [1.82, 2.24) is 10.2 Å². The Kier molecular flexibility index (Phi) is 6.78. The molecule has 0 atom stereocenters. The summed E-state index contributed by atoms with van der Waals surface area (Å²) < 4.78 is 0. The van der Waals surface area contributed by atoms with Crippen molar-refractivity contribution in [2.24, 2.45) is 5.73 Å². The summed E-state index contributed by atoms with van der Waals surface area (Å²) in [5.41, 5.74) is 6.29. The summed E-state index contributed by atoms with van der Waals surface area (Å²) in [5.74, 6) is -0.552. The Morgan fingerprint density at radius 2 is 1.89 bits per heavy atom. The zero-order chi connectivity index (χ0) is 14.1. The Morgan fingerprint density at radius 1 is 1.21 bits per heavy atom. The summed E-state index contributed by atoms with van der Waals surface area (Å²) >= 11 is 0. The molecule has 104 valence electrons. The normalized spacial score (nSPS) is 10.5. The topological polar surface area (TPSA) is 75.4 Å². The SMILES string of the molecule is CN(CCCN)CC(=O)NC(=O)Cc1ccccc1. The van der Waals surface area contributed by atoms with Gasteiger partial charge in [-0.1, -0.05) is 30.3 Å². The van der Waals surface area contributed by atoms with Gasteiger partial charge in [0.05, 0.1) is 13.0 Å². The molecule has 1 aromatic rings.